The van der Waals surface area contributed by atoms with E-state index < -0.39 is 4.92 Å². The lowest BCUT2D eigenvalue weighted by Crippen LogP contribution is -2.26. The molecule has 0 spiro atoms. The second-order valence-electron chi connectivity index (χ2n) is 4.52. The number of hydrogen-bond acceptors (Lipinski definition) is 6. The van der Waals surface area contributed by atoms with Gasteiger partial charge in [0.1, 0.15) is 0 Å². The molecule has 0 saturated carbocycles. The Hall–Kier alpha value is -2.15. The zero-order valence-electron chi connectivity index (χ0n) is 10.3. The van der Waals surface area contributed by atoms with E-state index in [1.165, 1.54) is 6.07 Å². The summed E-state index contributed by atoms with van der Waals surface area (Å²) < 4.78 is 10.9. The second kappa shape index (κ2) is 4.51. The zero-order valence-corrected chi connectivity index (χ0v) is 10.3. The molecule has 100 valence electrons. The minimum absolute atomic E-state index is 0.0509. The highest BCUT2D eigenvalue weighted by atomic mass is 16.6. The van der Waals surface area contributed by atoms with Gasteiger partial charge in [0.2, 0.25) is 0 Å². The van der Waals surface area contributed by atoms with Gasteiger partial charge in [-0.1, -0.05) is 6.07 Å². The molecule has 3 rings (SSSR count). The second-order valence-corrected chi connectivity index (χ2v) is 4.52. The van der Waals surface area contributed by atoms with Crippen LogP contribution in [-0.4, -0.2) is 28.7 Å². The Morgan fingerprint density at radius 1 is 1.53 bits per heavy atom. The van der Waals surface area contributed by atoms with E-state index in [1.54, 1.807) is 12.1 Å². The van der Waals surface area contributed by atoms with E-state index in [2.05, 4.69) is 10.3 Å². The van der Waals surface area contributed by atoms with Crippen LogP contribution in [0.25, 0.3) is 11.1 Å². The normalized spacial score (nSPS) is 22.8. The smallest absolute Gasteiger partial charge is 0.298 e. The summed E-state index contributed by atoms with van der Waals surface area (Å²) in [5.41, 5.74) is 0.620. The maximum Gasteiger partial charge on any atom is 0.298 e. The Balaban J connectivity index is 1.93. The minimum atomic E-state index is -0.462. The van der Waals surface area contributed by atoms with Crippen molar-refractivity contribution in [2.24, 2.45) is 0 Å². The van der Waals surface area contributed by atoms with Crippen LogP contribution in [0.1, 0.15) is 13.3 Å². The molecule has 19 heavy (non-hydrogen) atoms. The van der Waals surface area contributed by atoms with E-state index in [-0.39, 0.29) is 23.3 Å². The van der Waals surface area contributed by atoms with Crippen molar-refractivity contribution in [1.82, 2.24) is 4.98 Å². The highest BCUT2D eigenvalue weighted by Crippen LogP contribution is 2.28. The van der Waals surface area contributed by atoms with Gasteiger partial charge in [-0.25, -0.2) is 0 Å². The molecule has 2 aromatic rings. The number of benzene rings is 1. The van der Waals surface area contributed by atoms with Crippen molar-refractivity contribution in [3.8, 4) is 0 Å². The van der Waals surface area contributed by atoms with Gasteiger partial charge in [-0.05, 0) is 19.4 Å². The predicted octanol–water partition coefficient (Wildman–Crippen LogP) is 2.33. The number of nitrogens with zero attached hydrogens (tertiary/aromatic N) is 2. The van der Waals surface area contributed by atoms with Gasteiger partial charge < -0.3 is 14.5 Å². The first kappa shape index (κ1) is 11.9. The van der Waals surface area contributed by atoms with Crippen molar-refractivity contribution in [3.05, 3.63) is 28.3 Å². The summed E-state index contributed by atoms with van der Waals surface area (Å²) in [6.45, 7) is 2.66. The van der Waals surface area contributed by atoms with Gasteiger partial charge in [-0.15, -0.1) is 0 Å². The molecule has 0 aliphatic carbocycles. The number of non-ortho nitro benzene ring substituents is 1. The Labute approximate surface area is 108 Å². The summed E-state index contributed by atoms with van der Waals surface area (Å²) in [6, 6.07) is 5.07. The molecular formula is C12H13N3O4. The fourth-order valence-electron chi connectivity index (χ4n) is 2.22. The van der Waals surface area contributed by atoms with Crippen molar-refractivity contribution in [2.75, 3.05) is 11.9 Å². The Morgan fingerprint density at radius 3 is 3.05 bits per heavy atom. The number of anilines is 1. The summed E-state index contributed by atoms with van der Waals surface area (Å²) in [5, 5.41) is 14.0. The molecule has 1 aromatic heterocycles. The molecule has 2 atom stereocenters. The molecule has 1 N–H and O–H groups in total. The maximum atomic E-state index is 10.9. The molecule has 7 heteroatoms. The highest BCUT2D eigenvalue weighted by Gasteiger charge is 2.26. The van der Waals surface area contributed by atoms with Crippen molar-refractivity contribution in [2.45, 2.75) is 25.5 Å². The zero-order chi connectivity index (χ0) is 13.4. The van der Waals surface area contributed by atoms with Crippen LogP contribution in [0, 0.1) is 10.1 Å². The molecule has 1 aliphatic heterocycles. The standard InChI is InChI=1S/C12H13N3O4/c1-7-8(5-6-18-7)13-12-14-11-9(15(16)17)3-2-4-10(11)19-12/h2-4,7-8H,5-6H2,1H3,(H,13,14). The number of nitro benzene ring substituents is 1. The van der Waals surface area contributed by atoms with Gasteiger partial charge in [-0.2, -0.15) is 4.98 Å². The Kier molecular flexibility index (Phi) is 2.83. The first-order valence-corrected chi connectivity index (χ1v) is 6.07. The summed E-state index contributed by atoms with van der Waals surface area (Å²) in [6.07, 6.45) is 0.937. The average molecular weight is 263 g/mol. The van der Waals surface area contributed by atoms with Gasteiger partial charge in [0, 0.05) is 12.7 Å². The van der Waals surface area contributed by atoms with Gasteiger partial charge in [-0.3, -0.25) is 10.1 Å². The number of fused-ring (bicyclic) bond motifs is 1. The summed E-state index contributed by atoms with van der Waals surface area (Å²) in [4.78, 5) is 14.6. The van der Waals surface area contributed by atoms with Gasteiger partial charge in [0.15, 0.2) is 11.1 Å². The number of oxazole rings is 1. The third-order valence-corrected chi connectivity index (χ3v) is 3.28. The van der Waals surface area contributed by atoms with Crippen molar-refractivity contribution in [3.63, 3.8) is 0 Å². The number of nitrogens with one attached hydrogen (secondary N) is 1. The largest absolute Gasteiger partial charge is 0.423 e. The third-order valence-electron chi connectivity index (χ3n) is 3.28. The number of para-hydroxylation sites is 1. The lowest BCUT2D eigenvalue weighted by Gasteiger charge is -2.13. The van der Waals surface area contributed by atoms with Crippen molar-refractivity contribution in [1.29, 1.82) is 0 Å². The van der Waals surface area contributed by atoms with Crippen LogP contribution in [0.3, 0.4) is 0 Å². The molecule has 1 fully saturated rings. The first-order chi connectivity index (χ1) is 9.15. The monoisotopic (exact) mass is 263 g/mol. The number of aromatic nitrogens is 1. The van der Waals surface area contributed by atoms with Crippen LogP contribution < -0.4 is 5.32 Å². The van der Waals surface area contributed by atoms with E-state index in [9.17, 15) is 10.1 Å². The first-order valence-electron chi connectivity index (χ1n) is 6.07. The summed E-state index contributed by atoms with van der Waals surface area (Å²) in [5.74, 6) is 0. The number of rotatable bonds is 3. The predicted molar refractivity (Wildman–Crippen MR) is 68.1 cm³/mol. The van der Waals surface area contributed by atoms with Crippen LogP contribution in [0.4, 0.5) is 11.7 Å². The molecule has 0 radical (unpaired) electrons. The van der Waals surface area contributed by atoms with Crippen LogP contribution in [0.5, 0.6) is 0 Å². The highest BCUT2D eigenvalue weighted by molar-refractivity contribution is 5.84. The summed E-state index contributed by atoms with van der Waals surface area (Å²) >= 11 is 0. The quantitative estimate of drug-likeness (QED) is 0.675. The van der Waals surface area contributed by atoms with E-state index in [0.717, 1.165) is 6.42 Å². The molecule has 7 nitrogen and oxygen atoms in total. The van der Waals surface area contributed by atoms with Crippen LogP contribution in [0.2, 0.25) is 0 Å². The van der Waals surface area contributed by atoms with Crippen LogP contribution in [-0.2, 0) is 4.74 Å². The van der Waals surface area contributed by atoms with E-state index in [4.69, 9.17) is 9.15 Å². The Bertz CT molecular complexity index is 624. The molecule has 0 amide bonds. The topological polar surface area (TPSA) is 90.4 Å². The molecular weight excluding hydrogens is 250 g/mol. The third kappa shape index (κ3) is 2.12. The van der Waals surface area contributed by atoms with E-state index in [1.807, 2.05) is 6.92 Å². The van der Waals surface area contributed by atoms with Gasteiger partial charge in [0.25, 0.3) is 11.7 Å². The maximum absolute atomic E-state index is 10.9. The molecule has 0 bridgehead atoms. The Morgan fingerprint density at radius 2 is 2.37 bits per heavy atom. The van der Waals surface area contributed by atoms with E-state index >= 15 is 0 Å². The number of nitro groups is 1. The van der Waals surface area contributed by atoms with E-state index in [0.29, 0.717) is 18.2 Å². The lowest BCUT2D eigenvalue weighted by molar-refractivity contribution is -0.383. The molecule has 2 heterocycles. The molecule has 2 unspecified atom stereocenters. The van der Waals surface area contributed by atoms with Gasteiger partial charge >= 0.3 is 0 Å². The van der Waals surface area contributed by atoms with Crippen molar-refractivity contribution >= 4 is 22.8 Å². The number of ether oxygens (including phenoxy) is 1. The SMILES string of the molecule is CC1OCCC1Nc1nc2c([N+](=O)[O-])cccc2o1. The average Bonchev–Trinajstić information content (AvgIpc) is 2.95. The van der Waals surface area contributed by atoms with Crippen molar-refractivity contribution < 1.29 is 14.1 Å². The van der Waals surface area contributed by atoms with Gasteiger partial charge in [0.05, 0.1) is 17.1 Å². The minimum Gasteiger partial charge on any atom is -0.423 e. The summed E-state index contributed by atoms with van der Waals surface area (Å²) in [7, 11) is 0. The fraction of sp³-hybridized carbons (Fsp3) is 0.417. The molecule has 1 aliphatic rings. The number of hydrogen-bond donors (Lipinski definition) is 1. The van der Waals surface area contributed by atoms with Crippen LogP contribution >= 0.6 is 0 Å². The molecule has 1 saturated heterocycles. The van der Waals surface area contributed by atoms with Crippen LogP contribution in [0.15, 0.2) is 22.6 Å². The lowest BCUT2D eigenvalue weighted by atomic mass is 10.2. The fourth-order valence-corrected chi connectivity index (χ4v) is 2.22. The molecule has 1 aromatic carbocycles.